The molecule has 1 heterocycles. The van der Waals surface area contributed by atoms with E-state index in [1.54, 1.807) is 0 Å². The van der Waals surface area contributed by atoms with Crippen LogP contribution in [0.3, 0.4) is 0 Å². The molecule has 0 radical (unpaired) electrons. The molecule has 0 amide bonds. The first kappa shape index (κ1) is 16.3. The summed E-state index contributed by atoms with van der Waals surface area (Å²) in [6.07, 6.45) is -8.38. The molecule has 1 rings (SSSR count). The van der Waals surface area contributed by atoms with Crippen molar-refractivity contribution in [3.8, 4) is 0 Å². The number of nitrogens with two attached hydrogens (primary N) is 1. The van der Waals surface area contributed by atoms with Gasteiger partial charge >= 0.3 is 12.1 Å². The summed E-state index contributed by atoms with van der Waals surface area (Å²) < 4.78 is 68.2. The predicted molar refractivity (Wildman–Crippen MR) is 57.8 cm³/mol. The zero-order valence-electron chi connectivity index (χ0n) is 10.3. The average Bonchev–Trinajstić information content (AvgIpc) is 2.36. The van der Waals surface area contributed by atoms with Crippen LogP contribution >= 0.6 is 0 Å². The second kappa shape index (κ2) is 6.12. The Bertz CT molecular complexity index is 502. The molecule has 0 aliphatic rings. The minimum Gasteiger partial charge on any atom is -0.469 e. The number of carbonyl (C=O) groups is 1. The van der Waals surface area contributed by atoms with E-state index in [1.165, 1.54) is 0 Å². The maximum Gasteiger partial charge on any atom is 0.418 e. The number of ether oxygens (including phenoxy) is 1. The Morgan fingerprint density at radius 1 is 1.40 bits per heavy atom. The van der Waals surface area contributed by atoms with Crippen LogP contribution in [0.4, 0.5) is 22.0 Å². The second-order valence-corrected chi connectivity index (χ2v) is 3.77. The van der Waals surface area contributed by atoms with Crippen LogP contribution in [-0.2, 0) is 28.7 Å². The summed E-state index contributed by atoms with van der Waals surface area (Å²) in [7, 11) is 0.994. The predicted octanol–water partition coefficient (Wildman–Crippen LogP) is 2.21. The highest BCUT2D eigenvalue weighted by molar-refractivity contribution is 5.73. The Morgan fingerprint density at radius 2 is 2.00 bits per heavy atom. The Balaban J connectivity index is 3.50. The standard InChI is InChI=1S/C11H11F5N2O2/c1-20-8(19)2-5-6(3-17)7(11(14,15)16)4-18-9(5)10(12)13/h4,10H,2-3,17H2,1H3. The maximum atomic E-state index is 12.8. The monoisotopic (exact) mass is 298 g/mol. The first-order chi connectivity index (χ1) is 9.22. The fourth-order valence-electron chi connectivity index (χ4n) is 1.69. The highest BCUT2D eigenvalue weighted by atomic mass is 19.4. The molecule has 20 heavy (non-hydrogen) atoms. The molecule has 0 spiro atoms. The summed E-state index contributed by atoms with van der Waals surface area (Å²) in [4.78, 5) is 14.3. The number of methoxy groups -OCH3 is 1. The van der Waals surface area contributed by atoms with Crippen LogP contribution in [0, 0.1) is 0 Å². The Labute approximate surface area is 110 Å². The number of halogens is 5. The number of carbonyl (C=O) groups excluding carboxylic acids is 1. The lowest BCUT2D eigenvalue weighted by Crippen LogP contribution is -2.19. The van der Waals surface area contributed by atoms with Crippen LogP contribution in [-0.4, -0.2) is 18.1 Å². The lowest BCUT2D eigenvalue weighted by atomic mass is 9.98. The van der Waals surface area contributed by atoms with E-state index in [0.717, 1.165) is 7.11 Å². The summed E-state index contributed by atoms with van der Waals surface area (Å²) in [5, 5.41) is 0. The van der Waals surface area contributed by atoms with Crippen molar-refractivity contribution in [1.29, 1.82) is 0 Å². The number of hydrogen-bond donors (Lipinski definition) is 1. The quantitative estimate of drug-likeness (QED) is 0.683. The number of esters is 1. The first-order valence-electron chi connectivity index (χ1n) is 5.35. The smallest absolute Gasteiger partial charge is 0.418 e. The van der Waals surface area contributed by atoms with Gasteiger partial charge in [-0.3, -0.25) is 9.78 Å². The molecule has 0 aliphatic heterocycles. The number of rotatable bonds is 4. The number of hydrogen-bond acceptors (Lipinski definition) is 4. The van der Waals surface area contributed by atoms with Crippen LogP contribution in [0.5, 0.6) is 0 Å². The summed E-state index contributed by atoms with van der Waals surface area (Å²) in [5.74, 6) is -0.956. The van der Waals surface area contributed by atoms with Crippen molar-refractivity contribution in [2.24, 2.45) is 5.73 Å². The molecule has 1 aromatic heterocycles. The molecule has 0 bridgehead atoms. The average molecular weight is 298 g/mol. The van der Waals surface area contributed by atoms with Crippen molar-refractivity contribution in [2.75, 3.05) is 7.11 Å². The lowest BCUT2D eigenvalue weighted by Gasteiger charge is -2.17. The summed E-state index contributed by atoms with van der Waals surface area (Å²) in [6, 6.07) is 0. The van der Waals surface area contributed by atoms with Gasteiger partial charge in [0.25, 0.3) is 6.43 Å². The highest BCUT2D eigenvalue weighted by Crippen LogP contribution is 2.35. The van der Waals surface area contributed by atoms with E-state index in [2.05, 4.69) is 9.72 Å². The van der Waals surface area contributed by atoms with E-state index < -0.39 is 53.9 Å². The minimum absolute atomic E-state index is 0.296. The van der Waals surface area contributed by atoms with E-state index >= 15 is 0 Å². The third-order valence-electron chi connectivity index (χ3n) is 2.60. The van der Waals surface area contributed by atoms with E-state index in [0.29, 0.717) is 6.20 Å². The highest BCUT2D eigenvalue weighted by Gasteiger charge is 2.36. The van der Waals surface area contributed by atoms with Crippen molar-refractivity contribution < 1.29 is 31.5 Å². The third-order valence-corrected chi connectivity index (χ3v) is 2.60. The van der Waals surface area contributed by atoms with E-state index in [4.69, 9.17) is 5.73 Å². The fraction of sp³-hybridized carbons (Fsp3) is 0.455. The Kier molecular flexibility index (Phi) is 4.98. The Morgan fingerprint density at radius 3 is 2.40 bits per heavy atom. The molecule has 112 valence electrons. The van der Waals surface area contributed by atoms with Gasteiger partial charge in [-0.1, -0.05) is 0 Å². The van der Waals surface area contributed by atoms with Crippen LogP contribution < -0.4 is 5.73 Å². The van der Waals surface area contributed by atoms with Crippen molar-refractivity contribution in [2.45, 2.75) is 25.6 Å². The third kappa shape index (κ3) is 3.41. The molecule has 0 atom stereocenters. The van der Waals surface area contributed by atoms with E-state index in [1.807, 2.05) is 0 Å². The largest absolute Gasteiger partial charge is 0.469 e. The van der Waals surface area contributed by atoms with Gasteiger partial charge in [0.05, 0.1) is 19.1 Å². The van der Waals surface area contributed by atoms with Gasteiger partial charge in [0.1, 0.15) is 5.69 Å². The zero-order valence-corrected chi connectivity index (χ0v) is 10.3. The molecule has 4 nitrogen and oxygen atoms in total. The molecule has 1 aromatic rings. The van der Waals surface area contributed by atoms with Gasteiger partial charge in [0.2, 0.25) is 0 Å². The van der Waals surface area contributed by atoms with Crippen LogP contribution in [0.1, 0.15) is 28.8 Å². The van der Waals surface area contributed by atoms with Gasteiger partial charge in [0.15, 0.2) is 0 Å². The summed E-state index contributed by atoms with van der Waals surface area (Å²) in [6.45, 7) is -0.649. The number of alkyl halides is 5. The first-order valence-corrected chi connectivity index (χ1v) is 5.35. The van der Waals surface area contributed by atoms with Crippen LogP contribution in [0.2, 0.25) is 0 Å². The van der Waals surface area contributed by atoms with Crippen molar-refractivity contribution in [3.05, 3.63) is 28.6 Å². The normalized spacial score (nSPS) is 11.8. The van der Waals surface area contributed by atoms with E-state index in [-0.39, 0.29) is 0 Å². The summed E-state index contributed by atoms with van der Waals surface area (Å²) >= 11 is 0. The topological polar surface area (TPSA) is 65.2 Å². The van der Waals surface area contributed by atoms with Crippen molar-refractivity contribution in [1.82, 2.24) is 4.98 Å². The second-order valence-electron chi connectivity index (χ2n) is 3.77. The van der Waals surface area contributed by atoms with Gasteiger partial charge in [0, 0.05) is 12.7 Å². The molecule has 0 saturated heterocycles. The Hall–Kier alpha value is -1.77. The SMILES string of the molecule is COC(=O)Cc1c(C(F)F)ncc(C(F)(F)F)c1CN. The number of nitrogens with zero attached hydrogens (tertiary/aromatic N) is 1. The molecule has 0 unspecified atom stereocenters. The van der Waals surface area contributed by atoms with Gasteiger partial charge in [-0.2, -0.15) is 13.2 Å². The van der Waals surface area contributed by atoms with Crippen molar-refractivity contribution in [3.63, 3.8) is 0 Å². The summed E-state index contributed by atoms with van der Waals surface area (Å²) in [5.41, 5.74) is 1.96. The van der Waals surface area contributed by atoms with Crippen LogP contribution in [0.25, 0.3) is 0 Å². The number of pyridine rings is 1. The van der Waals surface area contributed by atoms with E-state index in [9.17, 15) is 26.7 Å². The van der Waals surface area contributed by atoms with Crippen LogP contribution in [0.15, 0.2) is 6.20 Å². The maximum absolute atomic E-state index is 12.8. The molecule has 0 fully saturated rings. The van der Waals surface area contributed by atoms with Gasteiger partial charge in [-0.25, -0.2) is 8.78 Å². The fourth-order valence-corrected chi connectivity index (χ4v) is 1.69. The minimum atomic E-state index is -4.80. The molecule has 9 heteroatoms. The van der Waals surface area contributed by atoms with Gasteiger partial charge in [-0.15, -0.1) is 0 Å². The molecule has 0 aromatic carbocycles. The molecular formula is C11H11F5N2O2. The molecule has 0 aliphatic carbocycles. The van der Waals surface area contributed by atoms with Gasteiger partial charge in [-0.05, 0) is 11.1 Å². The molecule has 2 N–H and O–H groups in total. The zero-order chi connectivity index (χ0) is 15.5. The van der Waals surface area contributed by atoms with Crippen molar-refractivity contribution >= 4 is 5.97 Å². The molecule has 0 saturated carbocycles. The van der Waals surface area contributed by atoms with Gasteiger partial charge < -0.3 is 10.5 Å². The lowest BCUT2D eigenvalue weighted by molar-refractivity contribution is -0.141. The number of aromatic nitrogens is 1. The molecular weight excluding hydrogens is 287 g/mol.